The third kappa shape index (κ3) is 5.58. The molecule has 1 rings (SSSR count). The van der Waals surface area contributed by atoms with Crippen LogP contribution in [0, 0.1) is 5.92 Å². The lowest BCUT2D eigenvalue weighted by Crippen LogP contribution is -2.46. The van der Waals surface area contributed by atoms with Crippen LogP contribution in [-0.4, -0.2) is 28.9 Å². The van der Waals surface area contributed by atoms with Gasteiger partial charge in [0.2, 0.25) is 0 Å². The molecule has 0 saturated carbocycles. The number of nitrogens with one attached hydrogen (secondary N) is 2. The van der Waals surface area contributed by atoms with Gasteiger partial charge in [-0.3, -0.25) is 0 Å². The lowest BCUT2D eigenvalue weighted by atomic mass is 10.1. The maximum Gasteiger partial charge on any atom is 0.326 e. The van der Waals surface area contributed by atoms with Crippen molar-refractivity contribution < 1.29 is 23.5 Å². The smallest absolute Gasteiger partial charge is 0.326 e. The Labute approximate surface area is 125 Å². The zero-order chi connectivity index (χ0) is 16.0. The molecule has 1 aromatic rings. The number of carbonyl (C=O) groups excluding carboxylic acids is 1. The number of carboxylic acids is 1. The van der Waals surface area contributed by atoms with Crippen molar-refractivity contribution in [1.82, 2.24) is 5.32 Å². The number of carboxylic acid groups (broad SMARTS) is 1. The number of benzene rings is 1. The Bertz CT molecular complexity index is 512. The molecule has 3 N–H and O–H groups in total. The Kier molecular flexibility index (Phi) is 6.41. The number of amides is 2. The standard InChI is InChI=1S/C13H16F2N2O3S/c1-7(2)10(11(18)19)17-13(20)16-8-5-3-4-6-9(8)21-12(14)15/h3-7,10,12H,1-2H3,(H,18,19)(H2,16,17,20). The van der Waals surface area contributed by atoms with E-state index >= 15 is 0 Å². The van der Waals surface area contributed by atoms with Gasteiger partial charge >= 0.3 is 12.0 Å². The summed E-state index contributed by atoms with van der Waals surface area (Å²) in [5, 5.41) is 13.7. The third-order valence-electron chi connectivity index (χ3n) is 2.57. The minimum Gasteiger partial charge on any atom is -0.480 e. The summed E-state index contributed by atoms with van der Waals surface area (Å²) >= 11 is 0.306. The summed E-state index contributed by atoms with van der Waals surface area (Å²) in [4.78, 5) is 23.0. The van der Waals surface area contributed by atoms with E-state index in [0.717, 1.165) is 0 Å². The van der Waals surface area contributed by atoms with E-state index in [1.54, 1.807) is 26.0 Å². The molecular formula is C13H16F2N2O3S. The first kappa shape index (κ1) is 17.2. The van der Waals surface area contributed by atoms with Crippen molar-refractivity contribution in [3.05, 3.63) is 24.3 Å². The van der Waals surface area contributed by atoms with Crippen molar-refractivity contribution in [3.8, 4) is 0 Å². The number of thioether (sulfide) groups is 1. The van der Waals surface area contributed by atoms with Crippen LogP contribution in [0.2, 0.25) is 0 Å². The topological polar surface area (TPSA) is 78.4 Å². The number of alkyl halides is 2. The Morgan fingerprint density at radius 1 is 1.24 bits per heavy atom. The van der Waals surface area contributed by atoms with Gasteiger partial charge in [0, 0.05) is 4.90 Å². The molecule has 21 heavy (non-hydrogen) atoms. The molecule has 2 amide bonds. The van der Waals surface area contributed by atoms with E-state index in [4.69, 9.17) is 5.11 Å². The van der Waals surface area contributed by atoms with Crippen LogP contribution in [0.5, 0.6) is 0 Å². The van der Waals surface area contributed by atoms with Gasteiger partial charge in [-0.15, -0.1) is 0 Å². The molecule has 0 aliphatic carbocycles. The van der Waals surface area contributed by atoms with Gasteiger partial charge in [-0.05, 0) is 18.1 Å². The van der Waals surface area contributed by atoms with Crippen molar-refractivity contribution in [2.75, 3.05) is 5.32 Å². The van der Waals surface area contributed by atoms with Gasteiger partial charge in [0.05, 0.1) is 5.69 Å². The normalized spacial score (nSPS) is 12.3. The Balaban J connectivity index is 2.77. The second kappa shape index (κ2) is 7.82. The van der Waals surface area contributed by atoms with Crippen molar-refractivity contribution in [2.24, 2.45) is 5.92 Å². The highest BCUT2D eigenvalue weighted by molar-refractivity contribution is 7.99. The van der Waals surface area contributed by atoms with E-state index in [-0.39, 0.29) is 16.5 Å². The molecule has 0 heterocycles. The molecule has 0 aliphatic heterocycles. The maximum absolute atomic E-state index is 12.4. The largest absolute Gasteiger partial charge is 0.480 e. The second-order valence-corrected chi connectivity index (χ2v) is 5.56. The van der Waals surface area contributed by atoms with Crippen LogP contribution in [0.4, 0.5) is 19.3 Å². The average Bonchev–Trinajstić information content (AvgIpc) is 2.37. The fraction of sp³-hybridized carbons (Fsp3) is 0.385. The number of anilines is 1. The lowest BCUT2D eigenvalue weighted by Gasteiger charge is -2.19. The number of urea groups is 1. The summed E-state index contributed by atoms with van der Waals surface area (Å²) in [5.41, 5.74) is 0.202. The number of para-hydroxylation sites is 1. The molecule has 0 radical (unpaired) electrons. The lowest BCUT2D eigenvalue weighted by molar-refractivity contribution is -0.140. The maximum atomic E-state index is 12.4. The van der Waals surface area contributed by atoms with E-state index in [2.05, 4.69) is 10.6 Å². The molecule has 0 aromatic heterocycles. The number of halogens is 2. The van der Waals surface area contributed by atoms with Crippen molar-refractivity contribution in [2.45, 2.75) is 30.5 Å². The summed E-state index contributed by atoms with van der Waals surface area (Å²) in [5.74, 6) is -4.08. The van der Waals surface area contributed by atoms with Crippen LogP contribution in [0.1, 0.15) is 13.8 Å². The van der Waals surface area contributed by atoms with Crippen LogP contribution in [0.25, 0.3) is 0 Å². The third-order valence-corrected chi connectivity index (χ3v) is 3.36. The molecule has 0 saturated heterocycles. The van der Waals surface area contributed by atoms with Crippen LogP contribution in [0.15, 0.2) is 29.2 Å². The van der Waals surface area contributed by atoms with Crippen molar-refractivity contribution in [1.29, 1.82) is 0 Å². The molecule has 0 bridgehead atoms. The van der Waals surface area contributed by atoms with E-state index < -0.39 is 23.8 Å². The second-order valence-electron chi connectivity index (χ2n) is 4.53. The number of rotatable bonds is 6. The highest BCUT2D eigenvalue weighted by Gasteiger charge is 2.23. The molecule has 0 fully saturated rings. The summed E-state index contributed by atoms with van der Waals surface area (Å²) in [6.07, 6.45) is 0. The fourth-order valence-corrected chi connectivity index (χ4v) is 2.18. The first-order valence-electron chi connectivity index (χ1n) is 6.15. The minimum absolute atomic E-state index is 0.202. The van der Waals surface area contributed by atoms with Crippen LogP contribution >= 0.6 is 11.8 Å². The average molecular weight is 318 g/mol. The van der Waals surface area contributed by atoms with E-state index in [1.807, 2.05) is 0 Å². The summed E-state index contributed by atoms with van der Waals surface area (Å²) < 4.78 is 24.8. The molecule has 8 heteroatoms. The predicted octanol–water partition coefficient (Wildman–Crippen LogP) is 3.23. The molecule has 116 valence electrons. The number of carbonyl (C=O) groups is 2. The highest BCUT2D eigenvalue weighted by atomic mass is 32.2. The molecule has 0 aliphatic rings. The Morgan fingerprint density at radius 3 is 2.38 bits per heavy atom. The molecule has 0 spiro atoms. The highest BCUT2D eigenvalue weighted by Crippen LogP contribution is 2.31. The molecule has 5 nitrogen and oxygen atoms in total. The predicted molar refractivity (Wildman–Crippen MR) is 76.7 cm³/mol. The van der Waals surface area contributed by atoms with E-state index in [1.165, 1.54) is 12.1 Å². The van der Waals surface area contributed by atoms with Gasteiger partial charge in [0.15, 0.2) is 0 Å². The molecule has 1 atom stereocenters. The quantitative estimate of drug-likeness (QED) is 0.704. The first-order chi connectivity index (χ1) is 9.81. The Morgan fingerprint density at radius 2 is 1.86 bits per heavy atom. The van der Waals surface area contributed by atoms with Crippen LogP contribution < -0.4 is 10.6 Å². The van der Waals surface area contributed by atoms with Gasteiger partial charge in [0.25, 0.3) is 5.76 Å². The number of aliphatic carboxylic acids is 1. The monoisotopic (exact) mass is 318 g/mol. The number of hydrogen-bond donors (Lipinski definition) is 3. The Hall–Kier alpha value is -1.83. The minimum atomic E-state index is -2.61. The van der Waals surface area contributed by atoms with E-state index in [9.17, 15) is 18.4 Å². The van der Waals surface area contributed by atoms with Gasteiger partial charge in [0.1, 0.15) is 6.04 Å². The van der Waals surface area contributed by atoms with Crippen LogP contribution in [0.3, 0.4) is 0 Å². The zero-order valence-electron chi connectivity index (χ0n) is 11.5. The van der Waals surface area contributed by atoms with Gasteiger partial charge in [-0.25, -0.2) is 9.59 Å². The van der Waals surface area contributed by atoms with Crippen LogP contribution in [-0.2, 0) is 4.79 Å². The molecule has 1 unspecified atom stereocenters. The van der Waals surface area contributed by atoms with Gasteiger partial charge in [-0.1, -0.05) is 37.7 Å². The first-order valence-corrected chi connectivity index (χ1v) is 7.03. The SMILES string of the molecule is CC(C)C(NC(=O)Nc1ccccc1SC(F)F)C(=O)O. The van der Waals surface area contributed by atoms with Gasteiger partial charge in [-0.2, -0.15) is 8.78 Å². The van der Waals surface area contributed by atoms with E-state index in [0.29, 0.717) is 11.8 Å². The summed E-state index contributed by atoms with van der Waals surface area (Å²) in [6.45, 7) is 3.30. The molecule has 1 aromatic carbocycles. The van der Waals surface area contributed by atoms with Crippen molar-refractivity contribution in [3.63, 3.8) is 0 Å². The fourth-order valence-electron chi connectivity index (χ4n) is 1.58. The van der Waals surface area contributed by atoms with Gasteiger partial charge < -0.3 is 15.7 Å². The summed E-state index contributed by atoms with van der Waals surface area (Å²) in [6, 6.07) is 4.27. The zero-order valence-corrected chi connectivity index (χ0v) is 12.3. The van der Waals surface area contributed by atoms with Crippen molar-refractivity contribution >= 4 is 29.4 Å². The molecular weight excluding hydrogens is 302 g/mol. The number of hydrogen-bond acceptors (Lipinski definition) is 3. The summed E-state index contributed by atoms with van der Waals surface area (Å²) in [7, 11) is 0.